The lowest BCUT2D eigenvalue weighted by atomic mass is 10.00. The predicted molar refractivity (Wildman–Crippen MR) is 97.3 cm³/mol. The normalized spacial score (nSPS) is 19.3. The van der Waals surface area contributed by atoms with Gasteiger partial charge in [0.05, 0.1) is 4.90 Å². The minimum atomic E-state index is -3.41. The van der Waals surface area contributed by atoms with E-state index in [4.69, 9.17) is 0 Å². The molecule has 0 saturated carbocycles. The molecular weight excluding hydrogens is 320 g/mol. The number of piperidine rings is 1. The van der Waals surface area contributed by atoms with E-state index in [2.05, 4.69) is 5.32 Å². The SMILES string of the molecule is CNCC1CCCN(S(=O)(=O)c2ccc(-c3ccccc3)cc2)C1. The highest BCUT2D eigenvalue weighted by Crippen LogP contribution is 2.26. The van der Waals surface area contributed by atoms with E-state index in [1.54, 1.807) is 16.4 Å². The summed E-state index contributed by atoms with van der Waals surface area (Å²) in [6.45, 7) is 2.07. The van der Waals surface area contributed by atoms with Crippen LogP contribution < -0.4 is 5.32 Å². The molecule has 0 radical (unpaired) electrons. The first kappa shape index (κ1) is 17.1. The molecule has 128 valence electrons. The van der Waals surface area contributed by atoms with E-state index < -0.39 is 10.0 Å². The van der Waals surface area contributed by atoms with E-state index in [0.29, 0.717) is 23.9 Å². The third-order valence-electron chi connectivity index (χ3n) is 4.57. The maximum atomic E-state index is 12.9. The molecule has 1 unspecified atom stereocenters. The van der Waals surface area contributed by atoms with E-state index in [0.717, 1.165) is 30.5 Å². The van der Waals surface area contributed by atoms with Crippen molar-refractivity contribution in [3.05, 3.63) is 54.6 Å². The van der Waals surface area contributed by atoms with Gasteiger partial charge in [0.2, 0.25) is 10.0 Å². The van der Waals surface area contributed by atoms with Gasteiger partial charge in [0.1, 0.15) is 0 Å². The first-order chi connectivity index (χ1) is 11.6. The summed E-state index contributed by atoms with van der Waals surface area (Å²) < 4.78 is 27.4. The summed E-state index contributed by atoms with van der Waals surface area (Å²) in [6, 6.07) is 17.2. The lowest BCUT2D eigenvalue weighted by Crippen LogP contribution is -2.42. The highest BCUT2D eigenvalue weighted by atomic mass is 32.2. The van der Waals surface area contributed by atoms with E-state index in [9.17, 15) is 8.42 Å². The van der Waals surface area contributed by atoms with Gasteiger partial charge in [-0.1, -0.05) is 42.5 Å². The predicted octanol–water partition coefficient (Wildman–Crippen LogP) is 2.97. The molecule has 3 rings (SSSR count). The number of sulfonamides is 1. The third-order valence-corrected chi connectivity index (χ3v) is 6.45. The molecule has 5 heteroatoms. The van der Waals surface area contributed by atoms with Gasteiger partial charge in [0.25, 0.3) is 0 Å². The molecule has 24 heavy (non-hydrogen) atoms. The molecular formula is C19H24N2O2S. The van der Waals surface area contributed by atoms with Crippen LogP contribution >= 0.6 is 0 Å². The standard InChI is InChI=1S/C19H24N2O2S/c1-20-14-16-6-5-13-21(15-16)24(22,23)19-11-9-18(10-12-19)17-7-3-2-4-8-17/h2-4,7-12,16,20H,5-6,13-15H2,1H3. The second-order valence-electron chi connectivity index (χ2n) is 6.32. The average molecular weight is 344 g/mol. The van der Waals surface area contributed by atoms with Crippen LogP contribution in [0.5, 0.6) is 0 Å². The molecule has 1 atom stereocenters. The van der Waals surface area contributed by atoms with Gasteiger partial charge in [0, 0.05) is 13.1 Å². The van der Waals surface area contributed by atoms with Crippen LogP contribution in [0.2, 0.25) is 0 Å². The fraction of sp³-hybridized carbons (Fsp3) is 0.368. The molecule has 1 saturated heterocycles. The maximum Gasteiger partial charge on any atom is 0.243 e. The van der Waals surface area contributed by atoms with E-state index >= 15 is 0 Å². The second kappa shape index (κ2) is 7.47. The van der Waals surface area contributed by atoms with Crippen molar-refractivity contribution in [3.63, 3.8) is 0 Å². The lowest BCUT2D eigenvalue weighted by Gasteiger charge is -2.31. The Morgan fingerprint density at radius 3 is 2.38 bits per heavy atom. The molecule has 1 heterocycles. The molecule has 1 aliphatic rings. The molecule has 2 aromatic carbocycles. The quantitative estimate of drug-likeness (QED) is 0.907. The summed E-state index contributed by atoms with van der Waals surface area (Å²) in [5.41, 5.74) is 2.12. The smallest absolute Gasteiger partial charge is 0.243 e. The fourth-order valence-corrected chi connectivity index (χ4v) is 4.85. The number of rotatable bonds is 5. The zero-order chi connectivity index (χ0) is 17.0. The van der Waals surface area contributed by atoms with Crippen LogP contribution in [0.15, 0.2) is 59.5 Å². The Hall–Kier alpha value is -1.69. The van der Waals surface area contributed by atoms with Crippen molar-refractivity contribution in [2.75, 3.05) is 26.7 Å². The second-order valence-corrected chi connectivity index (χ2v) is 8.26. The summed E-state index contributed by atoms with van der Waals surface area (Å²) in [5.74, 6) is 0.391. The molecule has 1 aliphatic heterocycles. The number of hydrogen-bond acceptors (Lipinski definition) is 3. The van der Waals surface area contributed by atoms with Crippen molar-refractivity contribution in [2.45, 2.75) is 17.7 Å². The molecule has 2 aromatic rings. The Balaban J connectivity index is 1.80. The van der Waals surface area contributed by atoms with Gasteiger partial charge in [-0.2, -0.15) is 4.31 Å². The fourth-order valence-electron chi connectivity index (χ4n) is 3.30. The summed E-state index contributed by atoms with van der Waals surface area (Å²) in [7, 11) is -1.49. The van der Waals surface area contributed by atoms with Crippen LogP contribution in [0.4, 0.5) is 0 Å². The molecule has 0 bridgehead atoms. The third kappa shape index (κ3) is 3.69. The van der Waals surface area contributed by atoms with Gasteiger partial charge in [-0.25, -0.2) is 8.42 Å². The van der Waals surface area contributed by atoms with Crippen LogP contribution in [0.3, 0.4) is 0 Å². The molecule has 4 nitrogen and oxygen atoms in total. The minimum Gasteiger partial charge on any atom is -0.319 e. The molecule has 0 aromatic heterocycles. The summed E-state index contributed by atoms with van der Waals surface area (Å²) in [6.07, 6.45) is 2.01. The largest absolute Gasteiger partial charge is 0.319 e. The zero-order valence-corrected chi connectivity index (χ0v) is 14.8. The first-order valence-electron chi connectivity index (χ1n) is 8.41. The summed E-state index contributed by atoms with van der Waals surface area (Å²) >= 11 is 0. The first-order valence-corrected chi connectivity index (χ1v) is 9.85. The number of benzene rings is 2. The Morgan fingerprint density at radius 2 is 1.71 bits per heavy atom. The Bertz CT molecular complexity index is 756. The molecule has 0 spiro atoms. The number of nitrogens with zero attached hydrogens (tertiary/aromatic N) is 1. The molecule has 1 fully saturated rings. The van der Waals surface area contributed by atoms with E-state index in [1.165, 1.54) is 0 Å². The molecule has 1 N–H and O–H groups in total. The van der Waals surface area contributed by atoms with E-state index in [1.807, 2.05) is 49.5 Å². The number of hydrogen-bond donors (Lipinski definition) is 1. The van der Waals surface area contributed by atoms with Crippen molar-refractivity contribution in [3.8, 4) is 11.1 Å². The molecule has 0 aliphatic carbocycles. The Labute approximate surface area is 144 Å². The van der Waals surface area contributed by atoms with Gasteiger partial charge in [0.15, 0.2) is 0 Å². The van der Waals surface area contributed by atoms with Crippen LogP contribution in [-0.4, -0.2) is 39.4 Å². The van der Waals surface area contributed by atoms with Crippen LogP contribution in [0.25, 0.3) is 11.1 Å². The van der Waals surface area contributed by atoms with Gasteiger partial charge < -0.3 is 5.32 Å². The van der Waals surface area contributed by atoms with Crippen LogP contribution in [0, 0.1) is 5.92 Å². The minimum absolute atomic E-state index is 0.382. The summed E-state index contributed by atoms with van der Waals surface area (Å²) in [5, 5.41) is 3.15. The number of nitrogens with one attached hydrogen (secondary N) is 1. The van der Waals surface area contributed by atoms with Crippen molar-refractivity contribution < 1.29 is 8.42 Å². The Morgan fingerprint density at radius 1 is 1.04 bits per heavy atom. The van der Waals surface area contributed by atoms with Crippen LogP contribution in [-0.2, 0) is 10.0 Å². The summed E-state index contributed by atoms with van der Waals surface area (Å²) in [4.78, 5) is 0.382. The van der Waals surface area contributed by atoms with Crippen molar-refractivity contribution >= 4 is 10.0 Å². The van der Waals surface area contributed by atoms with Gasteiger partial charge in [-0.3, -0.25) is 0 Å². The molecule has 0 amide bonds. The zero-order valence-electron chi connectivity index (χ0n) is 14.0. The topological polar surface area (TPSA) is 49.4 Å². The monoisotopic (exact) mass is 344 g/mol. The van der Waals surface area contributed by atoms with Gasteiger partial charge >= 0.3 is 0 Å². The average Bonchev–Trinajstić information content (AvgIpc) is 2.63. The van der Waals surface area contributed by atoms with Crippen molar-refractivity contribution in [2.24, 2.45) is 5.92 Å². The van der Waals surface area contributed by atoms with E-state index in [-0.39, 0.29) is 0 Å². The van der Waals surface area contributed by atoms with Crippen molar-refractivity contribution in [1.82, 2.24) is 9.62 Å². The highest BCUT2D eigenvalue weighted by molar-refractivity contribution is 7.89. The van der Waals surface area contributed by atoms with Crippen LogP contribution in [0.1, 0.15) is 12.8 Å². The maximum absolute atomic E-state index is 12.9. The van der Waals surface area contributed by atoms with Gasteiger partial charge in [-0.15, -0.1) is 0 Å². The Kier molecular flexibility index (Phi) is 5.33. The highest BCUT2D eigenvalue weighted by Gasteiger charge is 2.29. The van der Waals surface area contributed by atoms with Gasteiger partial charge in [-0.05, 0) is 55.6 Å². The lowest BCUT2D eigenvalue weighted by molar-refractivity contribution is 0.263. The van der Waals surface area contributed by atoms with Crippen molar-refractivity contribution in [1.29, 1.82) is 0 Å².